The summed E-state index contributed by atoms with van der Waals surface area (Å²) in [5.74, 6) is -0.796. The Kier molecular flexibility index (Phi) is 4.10. The molecule has 0 radical (unpaired) electrons. The molecule has 0 bridgehead atoms. The quantitative estimate of drug-likeness (QED) is 0.877. The van der Waals surface area contributed by atoms with E-state index >= 15 is 0 Å². The van der Waals surface area contributed by atoms with Gasteiger partial charge < -0.3 is 15.2 Å². The lowest BCUT2D eigenvalue weighted by Gasteiger charge is -2.38. The van der Waals surface area contributed by atoms with E-state index in [0.717, 1.165) is 17.7 Å². The van der Waals surface area contributed by atoms with Gasteiger partial charge in [-0.05, 0) is 25.5 Å². The molecule has 1 heterocycles. The van der Waals surface area contributed by atoms with Gasteiger partial charge in [0.05, 0.1) is 6.10 Å². The number of carboxylic acids is 1. The van der Waals surface area contributed by atoms with Crippen molar-refractivity contribution in [2.24, 2.45) is 0 Å². The Morgan fingerprint density at radius 1 is 1.47 bits per heavy atom. The molecule has 2 atom stereocenters. The van der Waals surface area contributed by atoms with Crippen LogP contribution in [0.2, 0.25) is 0 Å². The van der Waals surface area contributed by atoms with Gasteiger partial charge in [0.25, 0.3) is 0 Å². The van der Waals surface area contributed by atoms with Crippen LogP contribution in [0.5, 0.6) is 0 Å². The zero-order valence-electron chi connectivity index (χ0n) is 11.5. The highest BCUT2D eigenvalue weighted by atomic mass is 16.5. The van der Waals surface area contributed by atoms with Crippen LogP contribution in [0.4, 0.5) is 5.69 Å². The highest BCUT2D eigenvalue weighted by molar-refractivity contribution is 5.83. The summed E-state index contributed by atoms with van der Waals surface area (Å²) in [6, 6.07) is 7.82. The molecule has 0 saturated carbocycles. The number of nitrogens with one attached hydrogen (secondary N) is 1. The van der Waals surface area contributed by atoms with Crippen LogP contribution in [0.3, 0.4) is 0 Å². The van der Waals surface area contributed by atoms with Gasteiger partial charge in [-0.25, -0.2) is 4.79 Å². The zero-order chi connectivity index (χ0) is 13.9. The Hall–Kier alpha value is -1.55. The molecule has 19 heavy (non-hydrogen) atoms. The van der Waals surface area contributed by atoms with Gasteiger partial charge in [-0.1, -0.05) is 24.6 Å². The highest BCUT2D eigenvalue weighted by Gasteiger charge is 2.43. The lowest BCUT2D eigenvalue weighted by molar-refractivity contribution is -0.148. The molecular formula is C15H21NO3. The number of aryl methyl sites for hydroxylation is 1. The van der Waals surface area contributed by atoms with Gasteiger partial charge in [-0.15, -0.1) is 0 Å². The van der Waals surface area contributed by atoms with Gasteiger partial charge in [0.1, 0.15) is 5.54 Å². The average molecular weight is 263 g/mol. The van der Waals surface area contributed by atoms with Crippen molar-refractivity contribution in [2.45, 2.75) is 44.8 Å². The van der Waals surface area contributed by atoms with Crippen LogP contribution < -0.4 is 5.32 Å². The first kappa shape index (κ1) is 13.9. The Labute approximate surface area is 113 Å². The van der Waals surface area contributed by atoms with E-state index < -0.39 is 11.5 Å². The maximum Gasteiger partial charge on any atom is 0.329 e. The molecule has 1 saturated heterocycles. The molecule has 0 aromatic heterocycles. The summed E-state index contributed by atoms with van der Waals surface area (Å²) in [6.45, 7) is 4.52. The average Bonchev–Trinajstić information content (AvgIpc) is 2.41. The van der Waals surface area contributed by atoms with Crippen LogP contribution in [-0.4, -0.2) is 29.3 Å². The van der Waals surface area contributed by atoms with E-state index in [0.29, 0.717) is 19.4 Å². The van der Waals surface area contributed by atoms with Gasteiger partial charge in [0.15, 0.2) is 0 Å². The number of ether oxygens (including phenoxy) is 1. The second-order valence-electron chi connectivity index (χ2n) is 5.23. The predicted octanol–water partition coefficient (Wildman–Crippen LogP) is 2.82. The van der Waals surface area contributed by atoms with Crippen LogP contribution in [0.15, 0.2) is 24.3 Å². The van der Waals surface area contributed by atoms with E-state index in [-0.39, 0.29) is 6.10 Å². The largest absolute Gasteiger partial charge is 0.480 e. The Bertz CT molecular complexity index is 443. The minimum absolute atomic E-state index is 0.0165. The fraction of sp³-hybridized carbons (Fsp3) is 0.533. The molecule has 0 amide bonds. The molecule has 2 rings (SSSR count). The maximum atomic E-state index is 11.7. The first-order valence-electron chi connectivity index (χ1n) is 6.75. The van der Waals surface area contributed by atoms with Gasteiger partial charge in [-0.3, -0.25) is 0 Å². The Balaban J connectivity index is 2.19. The van der Waals surface area contributed by atoms with E-state index in [1.165, 1.54) is 0 Å². The summed E-state index contributed by atoms with van der Waals surface area (Å²) in [4.78, 5) is 11.7. The van der Waals surface area contributed by atoms with Crippen molar-refractivity contribution in [2.75, 3.05) is 11.9 Å². The number of hydrogen-bond acceptors (Lipinski definition) is 3. The normalized spacial score (nSPS) is 26.9. The van der Waals surface area contributed by atoms with E-state index in [4.69, 9.17) is 4.74 Å². The van der Waals surface area contributed by atoms with Gasteiger partial charge >= 0.3 is 5.97 Å². The SMILES string of the molecule is CCC1CC(Nc2ccc(C)cc2)(C(=O)O)CCO1. The molecule has 1 aromatic carbocycles. The first-order chi connectivity index (χ1) is 9.05. The number of carbonyl (C=O) groups is 1. The summed E-state index contributed by atoms with van der Waals surface area (Å²) in [6.07, 6.45) is 1.85. The number of aliphatic carboxylic acids is 1. The smallest absolute Gasteiger partial charge is 0.329 e. The lowest BCUT2D eigenvalue weighted by atomic mass is 9.85. The second-order valence-corrected chi connectivity index (χ2v) is 5.23. The third kappa shape index (κ3) is 3.07. The molecule has 4 heteroatoms. The molecule has 1 fully saturated rings. The Morgan fingerprint density at radius 2 is 2.16 bits per heavy atom. The molecule has 2 N–H and O–H groups in total. The van der Waals surface area contributed by atoms with Crippen LogP contribution in [0.1, 0.15) is 31.7 Å². The van der Waals surface area contributed by atoms with Gasteiger partial charge in [0.2, 0.25) is 0 Å². The summed E-state index contributed by atoms with van der Waals surface area (Å²) in [7, 11) is 0. The topological polar surface area (TPSA) is 58.6 Å². The van der Waals surface area contributed by atoms with Crippen molar-refractivity contribution in [3.8, 4) is 0 Å². The minimum atomic E-state index is -0.909. The van der Waals surface area contributed by atoms with Crippen molar-refractivity contribution in [3.63, 3.8) is 0 Å². The number of rotatable bonds is 4. The van der Waals surface area contributed by atoms with Crippen LogP contribution in [0.25, 0.3) is 0 Å². The zero-order valence-corrected chi connectivity index (χ0v) is 11.5. The van der Waals surface area contributed by atoms with Crippen LogP contribution in [0, 0.1) is 6.92 Å². The third-order valence-electron chi connectivity index (χ3n) is 3.76. The lowest BCUT2D eigenvalue weighted by Crippen LogP contribution is -2.52. The Morgan fingerprint density at radius 3 is 2.74 bits per heavy atom. The van der Waals surface area contributed by atoms with Crippen LogP contribution >= 0.6 is 0 Å². The highest BCUT2D eigenvalue weighted by Crippen LogP contribution is 2.30. The predicted molar refractivity (Wildman–Crippen MR) is 74.4 cm³/mol. The molecule has 2 unspecified atom stereocenters. The molecule has 0 aliphatic carbocycles. The molecule has 104 valence electrons. The van der Waals surface area contributed by atoms with Crippen molar-refractivity contribution in [1.82, 2.24) is 0 Å². The molecule has 0 spiro atoms. The first-order valence-corrected chi connectivity index (χ1v) is 6.75. The monoisotopic (exact) mass is 263 g/mol. The molecule has 1 aliphatic rings. The van der Waals surface area contributed by atoms with Crippen molar-refractivity contribution >= 4 is 11.7 Å². The van der Waals surface area contributed by atoms with E-state index in [1.807, 2.05) is 38.1 Å². The number of anilines is 1. The maximum absolute atomic E-state index is 11.7. The number of carboxylic acid groups (broad SMARTS) is 1. The van der Waals surface area contributed by atoms with Crippen molar-refractivity contribution < 1.29 is 14.6 Å². The van der Waals surface area contributed by atoms with Gasteiger partial charge in [0, 0.05) is 25.1 Å². The fourth-order valence-corrected chi connectivity index (χ4v) is 2.49. The van der Waals surface area contributed by atoms with E-state index in [2.05, 4.69) is 5.32 Å². The standard InChI is InChI=1S/C15H21NO3/c1-3-13-10-15(14(17)18,8-9-19-13)16-12-6-4-11(2)5-7-12/h4-7,13,16H,3,8-10H2,1-2H3,(H,17,18). The van der Waals surface area contributed by atoms with E-state index in [9.17, 15) is 9.90 Å². The fourth-order valence-electron chi connectivity index (χ4n) is 2.49. The summed E-state index contributed by atoms with van der Waals surface area (Å²) in [5.41, 5.74) is 1.10. The summed E-state index contributed by atoms with van der Waals surface area (Å²) < 4.78 is 5.59. The van der Waals surface area contributed by atoms with Crippen LogP contribution in [-0.2, 0) is 9.53 Å². The molecule has 4 nitrogen and oxygen atoms in total. The van der Waals surface area contributed by atoms with Crippen molar-refractivity contribution in [1.29, 1.82) is 0 Å². The minimum Gasteiger partial charge on any atom is -0.480 e. The molecule has 1 aliphatic heterocycles. The third-order valence-corrected chi connectivity index (χ3v) is 3.76. The second kappa shape index (κ2) is 5.61. The molecule has 1 aromatic rings. The van der Waals surface area contributed by atoms with Crippen molar-refractivity contribution in [3.05, 3.63) is 29.8 Å². The molecular weight excluding hydrogens is 242 g/mol. The van der Waals surface area contributed by atoms with Gasteiger partial charge in [-0.2, -0.15) is 0 Å². The summed E-state index contributed by atoms with van der Waals surface area (Å²) >= 11 is 0. The number of benzene rings is 1. The number of hydrogen-bond donors (Lipinski definition) is 2. The summed E-state index contributed by atoms with van der Waals surface area (Å²) in [5, 5.41) is 12.8. The van der Waals surface area contributed by atoms with E-state index in [1.54, 1.807) is 0 Å².